The van der Waals surface area contributed by atoms with Gasteiger partial charge in [-0.1, -0.05) is 25.7 Å². The van der Waals surface area contributed by atoms with Gasteiger partial charge in [0.25, 0.3) is 5.91 Å². The van der Waals surface area contributed by atoms with E-state index >= 15 is 0 Å². The van der Waals surface area contributed by atoms with Crippen molar-refractivity contribution in [2.45, 2.75) is 76.9 Å². The third-order valence-corrected chi connectivity index (χ3v) is 6.83. The molecule has 1 fully saturated rings. The van der Waals surface area contributed by atoms with Crippen LogP contribution in [0.1, 0.15) is 69.3 Å². The van der Waals surface area contributed by atoms with Crippen LogP contribution in [-0.2, 0) is 16.1 Å². The van der Waals surface area contributed by atoms with Gasteiger partial charge in [-0.2, -0.15) is 0 Å². The number of hydrogen-bond donors (Lipinski definition) is 1. The number of furan rings is 1. The Bertz CT molecular complexity index is 912. The van der Waals surface area contributed by atoms with Crippen LogP contribution in [0.25, 0.3) is 11.5 Å². The van der Waals surface area contributed by atoms with E-state index in [0.717, 1.165) is 31.4 Å². The molecule has 0 radical (unpaired) electrons. The largest absolute Gasteiger partial charge is 0.463 e. The fraction of sp³-hybridized carbons (Fsp3) is 0.600. The molecule has 4 rings (SSSR count). The van der Waals surface area contributed by atoms with Crippen molar-refractivity contribution in [3.8, 4) is 11.5 Å². The predicted octanol–water partition coefficient (Wildman–Crippen LogP) is 4.23. The summed E-state index contributed by atoms with van der Waals surface area (Å²) in [6, 6.07) is 7.62. The van der Waals surface area contributed by atoms with Crippen LogP contribution in [-0.4, -0.2) is 52.6 Å². The highest BCUT2D eigenvalue weighted by Crippen LogP contribution is 2.33. The van der Waals surface area contributed by atoms with E-state index in [9.17, 15) is 9.59 Å². The van der Waals surface area contributed by atoms with Crippen LogP contribution in [0.3, 0.4) is 0 Å². The van der Waals surface area contributed by atoms with E-state index in [-0.39, 0.29) is 17.9 Å². The zero-order valence-electron chi connectivity index (χ0n) is 19.3. The Hall–Kier alpha value is -2.54. The van der Waals surface area contributed by atoms with Gasteiger partial charge in [-0.25, -0.2) is 0 Å². The number of hydrogen-bond acceptors (Lipinski definition) is 4. The molecule has 2 amide bonds. The molecule has 1 atom stereocenters. The third-order valence-electron chi connectivity index (χ3n) is 6.83. The third kappa shape index (κ3) is 4.49. The van der Waals surface area contributed by atoms with Gasteiger partial charge >= 0.3 is 0 Å². The van der Waals surface area contributed by atoms with Gasteiger partial charge in [0.1, 0.15) is 17.0 Å². The highest BCUT2D eigenvalue weighted by molar-refractivity contribution is 6.00. The molecule has 174 valence electrons. The van der Waals surface area contributed by atoms with Gasteiger partial charge in [0.15, 0.2) is 0 Å². The normalized spacial score (nSPS) is 21.9. The minimum Gasteiger partial charge on any atom is -0.463 e. The molecule has 1 aliphatic heterocycles. The van der Waals surface area contributed by atoms with Gasteiger partial charge < -0.3 is 23.9 Å². The lowest BCUT2D eigenvalue weighted by molar-refractivity contribution is -0.133. The maximum atomic E-state index is 13.7. The average molecular weight is 442 g/mol. The molecular weight excluding hydrogens is 406 g/mol. The molecule has 3 heterocycles. The molecule has 0 bridgehead atoms. The van der Waals surface area contributed by atoms with Gasteiger partial charge in [0.05, 0.1) is 18.5 Å². The van der Waals surface area contributed by atoms with E-state index in [1.54, 1.807) is 11.2 Å². The number of nitrogens with zero attached hydrogens (tertiary/aromatic N) is 2. The van der Waals surface area contributed by atoms with Crippen molar-refractivity contribution in [2.75, 3.05) is 19.8 Å². The Morgan fingerprint density at radius 3 is 2.62 bits per heavy atom. The zero-order chi connectivity index (χ0) is 22.6. The van der Waals surface area contributed by atoms with Crippen molar-refractivity contribution >= 4 is 11.8 Å². The lowest BCUT2D eigenvalue weighted by atomic mass is 9.93. The Balaban J connectivity index is 1.62. The summed E-state index contributed by atoms with van der Waals surface area (Å²) in [7, 11) is 0. The van der Waals surface area contributed by atoms with Gasteiger partial charge in [-0.15, -0.1) is 0 Å². The van der Waals surface area contributed by atoms with Gasteiger partial charge in [-0.05, 0) is 57.4 Å². The maximum absolute atomic E-state index is 13.7. The van der Waals surface area contributed by atoms with Crippen LogP contribution in [0.4, 0.5) is 0 Å². The summed E-state index contributed by atoms with van der Waals surface area (Å²) >= 11 is 0. The summed E-state index contributed by atoms with van der Waals surface area (Å²) in [6.45, 7) is 5.94. The highest BCUT2D eigenvalue weighted by atomic mass is 16.5. The molecule has 2 aliphatic rings. The van der Waals surface area contributed by atoms with Crippen molar-refractivity contribution in [1.82, 2.24) is 14.8 Å². The van der Waals surface area contributed by atoms with E-state index in [1.165, 1.54) is 12.8 Å². The summed E-state index contributed by atoms with van der Waals surface area (Å²) in [5, 5.41) is 3.30. The standard InChI is InChI=1S/C25H35N3O4/c1-3-31-16-9-15-28-23(29)21-14-13-20(22-12-8-17-32-22)27(21)18-25(28,2)24(30)26-19-10-6-4-5-7-11-19/h8,12-14,17,19H,3-7,9-11,15-16,18H2,1-2H3,(H,26,30). The van der Waals surface area contributed by atoms with Crippen molar-refractivity contribution in [3.05, 3.63) is 36.2 Å². The monoisotopic (exact) mass is 441 g/mol. The second kappa shape index (κ2) is 9.94. The van der Waals surface area contributed by atoms with Crippen molar-refractivity contribution in [1.29, 1.82) is 0 Å². The molecule has 1 saturated carbocycles. The van der Waals surface area contributed by atoms with Crippen LogP contribution in [0.5, 0.6) is 0 Å². The fourth-order valence-electron chi connectivity index (χ4n) is 5.00. The van der Waals surface area contributed by atoms with E-state index < -0.39 is 5.54 Å². The Morgan fingerprint density at radius 1 is 1.19 bits per heavy atom. The number of aromatic nitrogens is 1. The highest BCUT2D eigenvalue weighted by Gasteiger charge is 2.48. The molecule has 0 saturated heterocycles. The van der Waals surface area contributed by atoms with Crippen molar-refractivity contribution in [2.24, 2.45) is 0 Å². The average Bonchev–Trinajstić information content (AvgIpc) is 3.38. The smallest absolute Gasteiger partial charge is 0.271 e. The molecule has 32 heavy (non-hydrogen) atoms. The molecule has 7 nitrogen and oxygen atoms in total. The van der Waals surface area contributed by atoms with Gasteiger partial charge in [0.2, 0.25) is 5.91 Å². The lowest BCUT2D eigenvalue weighted by Gasteiger charge is -2.45. The van der Waals surface area contributed by atoms with E-state index in [4.69, 9.17) is 9.15 Å². The number of carbonyl (C=O) groups is 2. The number of carbonyl (C=O) groups excluding carboxylic acids is 2. The van der Waals surface area contributed by atoms with Crippen LogP contribution >= 0.6 is 0 Å². The van der Waals surface area contributed by atoms with E-state index in [2.05, 4.69) is 5.32 Å². The van der Waals surface area contributed by atoms with E-state index in [0.29, 0.717) is 44.2 Å². The zero-order valence-corrected chi connectivity index (χ0v) is 19.3. The van der Waals surface area contributed by atoms with Crippen LogP contribution in [0, 0.1) is 0 Å². The molecule has 0 spiro atoms. The number of amides is 2. The van der Waals surface area contributed by atoms with Crippen LogP contribution in [0.2, 0.25) is 0 Å². The summed E-state index contributed by atoms with van der Waals surface area (Å²) in [5.41, 5.74) is 0.427. The predicted molar refractivity (Wildman–Crippen MR) is 122 cm³/mol. The number of fused-ring (bicyclic) bond motifs is 1. The molecule has 1 aliphatic carbocycles. The number of ether oxygens (including phenoxy) is 1. The Labute approximate surface area is 190 Å². The number of rotatable bonds is 8. The first-order valence-corrected chi connectivity index (χ1v) is 12.0. The first-order valence-electron chi connectivity index (χ1n) is 12.0. The fourth-order valence-corrected chi connectivity index (χ4v) is 5.00. The first-order chi connectivity index (χ1) is 15.5. The Kier molecular flexibility index (Phi) is 7.04. The molecule has 2 aromatic heterocycles. The molecule has 1 N–H and O–H groups in total. The summed E-state index contributed by atoms with van der Waals surface area (Å²) in [4.78, 5) is 29.0. The van der Waals surface area contributed by atoms with Crippen LogP contribution < -0.4 is 5.32 Å². The minimum atomic E-state index is -0.983. The molecule has 1 unspecified atom stereocenters. The summed E-state index contributed by atoms with van der Waals surface area (Å²) < 4.78 is 13.0. The maximum Gasteiger partial charge on any atom is 0.271 e. The second-order valence-electron chi connectivity index (χ2n) is 9.11. The van der Waals surface area contributed by atoms with Crippen molar-refractivity contribution < 1.29 is 18.7 Å². The quantitative estimate of drug-likeness (QED) is 0.491. The summed E-state index contributed by atoms with van der Waals surface area (Å²) in [6.07, 6.45) is 9.07. The SMILES string of the molecule is CCOCCCN1C(=O)c2ccc(-c3ccco3)n2CC1(C)C(=O)NC1CCCCCC1. The minimum absolute atomic E-state index is 0.0705. The van der Waals surface area contributed by atoms with E-state index in [1.807, 2.05) is 42.7 Å². The Morgan fingerprint density at radius 2 is 1.94 bits per heavy atom. The lowest BCUT2D eigenvalue weighted by Crippen LogP contribution is -2.65. The molecular formula is C25H35N3O4. The first kappa shape index (κ1) is 22.6. The van der Waals surface area contributed by atoms with Gasteiger partial charge in [-0.3, -0.25) is 9.59 Å². The number of nitrogens with one attached hydrogen (secondary N) is 1. The van der Waals surface area contributed by atoms with Crippen molar-refractivity contribution in [3.63, 3.8) is 0 Å². The van der Waals surface area contributed by atoms with Gasteiger partial charge in [0, 0.05) is 25.8 Å². The molecule has 2 aromatic rings. The molecule has 0 aromatic carbocycles. The second-order valence-corrected chi connectivity index (χ2v) is 9.11. The van der Waals surface area contributed by atoms with Crippen LogP contribution in [0.15, 0.2) is 34.9 Å². The summed E-state index contributed by atoms with van der Waals surface area (Å²) in [5.74, 6) is 0.503. The molecule has 7 heteroatoms. The topological polar surface area (TPSA) is 76.7 Å².